The molecule has 2 aromatic rings. The molecule has 7 heteroatoms. The van der Waals surface area contributed by atoms with E-state index in [0.29, 0.717) is 24.0 Å². The van der Waals surface area contributed by atoms with E-state index in [2.05, 4.69) is 10.3 Å². The number of fused-ring (bicyclic) bond motifs is 1. The first-order valence-corrected chi connectivity index (χ1v) is 7.59. The van der Waals surface area contributed by atoms with Gasteiger partial charge in [-0.15, -0.1) is 0 Å². The number of aromatic nitrogens is 2. The summed E-state index contributed by atoms with van der Waals surface area (Å²) in [5.74, 6) is -0.276. The molecule has 0 aliphatic carbocycles. The molecule has 1 aliphatic heterocycles. The molecule has 0 radical (unpaired) electrons. The Labute approximate surface area is 132 Å². The molecule has 1 aromatic carbocycles. The summed E-state index contributed by atoms with van der Waals surface area (Å²) in [6, 6.07) is 6.64. The third kappa shape index (κ3) is 2.94. The number of hydrogen-bond acceptors (Lipinski definition) is 4. The molecular weight excluding hydrogens is 296 g/mol. The van der Waals surface area contributed by atoms with Gasteiger partial charge < -0.3 is 10.2 Å². The van der Waals surface area contributed by atoms with Crippen LogP contribution in [0.15, 0.2) is 35.4 Å². The van der Waals surface area contributed by atoms with Crippen molar-refractivity contribution in [3.05, 3.63) is 40.9 Å². The van der Waals surface area contributed by atoms with E-state index in [-0.39, 0.29) is 30.3 Å². The third-order valence-corrected chi connectivity index (χ3v) is 4.12. The lowest BCUT2D eigenvalue weighted by molar-refractivity contribution is -0.142. The summed E-state index contributed by atoms with van der Waals surface area (Å²) in [6.07, 6.45) is 1.63. The van der Waals surface area contributed by atoms with Crippen LogP contribution in [-0.4, -0.2) is 45.4 Å². The van der Waals surface area contributed by atoms with Crippen LogP contribution < -0.4 is 10.9 Å². The fourth-order valence-corrected chi connectivity index (χ4v) is 2.75. The van der Waals surface area contributed by atoms with Crippen LogP contribution in [0.1, 0.15) is 13.3 Å². The fraction of sp³-hybridized carbons (Fsp3) is 0.375. The molecule has 0 saturated carbocycles. The zero-order valence-corrected chi connectivity index (χ0v) is 12.9. The lowest BCUT2D eigenvalue weighted by Gasteiger charge is -2.32. The van der Waals surface area contributed by atoms with Crippen molar-refractivity contribution in [2.45, 2.75) is 25.9 Å². The second-order valence-corrected chi connectivity index (χ2v) is 5.56. The van der Waals surface area contributed by atoms with E-state index < -0.39 is 6.04 Å². The minimum Gasteiger partial charge on any atom is -0.353 e. The lowest BCUT2D eigenvalue weighted by Crippen LogP contribution is -2.56. The lowest BCUT2D eigenvalue weighted by atomic mass is 10.2. The molecule has 1 aromatic heterocycles. The molecule has 1 atom stereocenters. The van der Waals surface area contributed by atoms with Gasteiger partial charge >= 0.3 is 0 Å². The topological polar surface area (TPSA) is 84.3 Å². The van der Waals surface area contributed by atoms with Crippen LogP contribution in [-0.2, 0) is 16.1 Å². The zero-order valence-electron chi connectivity index (χ0n) is 12.9. The van der Waals surface area contributed by atoms with Crippen molar-refractivity contribution in [2.24, 2.45) is 0 Å². The van der Waals surface area contributed by atoms with Gasteiger partial charge in [-0.25, -0.2) is 4.98 Å². The van der Waals surface area contributed by atoms with E-state index in [9.17, 15) is 14.4 Å². The van der Waals surface area contributed by atoms with E-state index in [1.807, 2.05) is 6.07 Å². The summed E-state index contributed by atoms with van der Waals surface area (Å²) in [6.45, 7) is 2.92. The molecule has 0 bridgehead atoms. The van der Waals surface area contributed by atoms with Crippen LogP contribution >= 0.6 is 0 Å². The van der Waals surface area contributed by atoms with Crippen LogP contribution in [0.2, 0.25) is 0 Å². The average molecular weight is 314 g/mol. The minimum absolute atomic E-state index is 0.132. The number of nitrogens with zero attached hydrogens (tertiary/aromatic N) is 3. The van der Waals surface area contributed by atoms with Gasteiger partial charge in [0.05, 0.1) is 17.2 Å². The van der Waals surface area contributed by atoms with Crippen LogP contribution in [0.25, 0.3) is 10.9 Å². The van der Waals surface area contributed by atoms with Gasteiger partial charge in [0.1, 0.15) is 6.04 Å². The van der Waals surface area contributed by atoms with Crippen molar-refractivity contribution < 1.29 is 9.59 Å². The maximum atomic E-state index is 12.4. The highest BCUT2D eigenvalue weighted by Gasteiger charge is 2.28. The Hall–Kier alpha value is -2.70. The van der Waals surface area contributed by atoms with E-state index >= 15 is 0 Å². The number of amides is 2. The Morgan fingerprint density at radius 1 is 1.35 bits per heavy atom. The largest absolute Gasteiger partial charge is 0.353 e. The first-order valence-electron chi connectivity index (χ1n) is 7.59. The Morgan fingerprint density at radius 2 is 2.13 bits per heavy atom. The summed E-state index contributed by atoms with van der Waals surface area (Å²) in [7, 11) is 0. The third-order valence-electron chi connectivity index (χ3n) is 4.12. The Bertz CT molecular complexity index is 814. The Kier molecular flexibility index (Phi) is 4.10. The van der Waals surface area contributed by atoms with Gasteiger partial charge in [0.15, 0.2) is 0 Å². The summed E-state index contributed by atoms with van der Waals surface area (Å²) >= 11 is 0. The molecule has 120 valence electrons. The van der Waals surface area contributed by atoms with Crippen LogP contribution in [0.3, 0.4) is 0 Å². The number of carbonyl (C=O) groups is 2. The molecular formula is C16H18N4O3. The minimum atomic E-state index is -0.470. The van der Waals surface area contributed by atoms with Gasteiger partial charge in [0.25, 0.3) is 5.56 Å². The first kappa shape index (κ1) is 15.2. The predicted octanol–water partition coefficient (Wildman–Crippen LogP) is 0.133. The van der Waals surface area contributed by atoms with Gasteiger partial charge in [0.2, 0.25) is 11.8 Å². The van der Waals surface area contributed by atoms with E-state index in [1.165, 1.54) is 10.9 Å². The van der Waals surface area contributed by atoms with E-state index in [1.54, 1.807) is 30.0 Å². The molecule has 0 spiro atoms. The SMILES string of the molecule is CC1C(=O)NCCN1C(=O)CCn1cnc2ccccc2c1=O. The van der Waals surface area contributed by atoms with Crippen molar-refractivity contribution in [2.75, 3.05) is 13.1 Å². The van der Waals surface area contributed by atoms with Crippen LogP contribution in [0.5, 0.6) is 0 Å². The number of carbonyl (C=O) groups excluding carboxylic acids is 2. The van der Waals surface area contributed by atoms with Gasteiger partial charge in [0, 0.05) is 26.1 Å². The molecule has 2 heterocycles. The average Bonchev–Trinajstić information content (AvgIpc) is 2.57. The van der Waals surface area contributed by atoms with E-state index in [0.717, 1.165) is 0 Å². The highest BCUT2D eigenvalue weighted by Crippen LogP contribution is 2.08. The van der Waals surface area contributed by atoms with Crippen molar-refractivity contribution in [1.29, 1.82) is 0 Å². The summed E-state index contributed by atoms with van der Waals surface area (Å²) in [5, 5.41) is 3.26. The fourth-order valence-electron chi connectivity index (χ4n) is 2.75. The number of piperazine rings is 1. The number of nitrogens with one attached hydrogen (secondary N) is 1. The van der Waals surface area contributed by atoms with Crippen molar-refractivity contribution in [3.8, 4) is 0 Å². The second kappa shape index (κ2) is 6.20. The molecule has 1 aliphatic rings. The summed E-state index contributed by atoms with van der Waals surface area (Å²) < 4.78 is 1.44. The van der Waals surface area contributed by atoms with Crippen LogP contribution in [0.4, 0.5) is 0 Å². The molecule has 7 nitrogen and oxygen atoms in total. The van der Waals surface area contributed by atoms with E-state index in [4.69, 9.17) is 0 Å². The molecule has 1 unspecified atom stereocenters. The normalized spacial score (nSPS) is 18.0. The molecule has 1 fully saturated rings. The van der Waals surface area contributed by atoms with Crippen molar-refractivity contribution in [1.82, 2.24) is 19.8 Å². The zero-order chi connectivity index (χ0) is 16.4. The Morgan fingerprint density at radius 3 is 2.96 bits per heavy atom. The first-order chi connectivity index (χ1) is 11.1. The maximum Gasteiger partial charge on any atom is 0.261 e. The van der Waals surface area contributed by atoms with Crippen molar-refractivity contribution >= 4 is 22.7 Å². The molecule has 23 heavy (non-hydrogen) atoms. The number of hydrogen-bond donors (Lipinski definition) is 1. The number of aryl methyl sites for hydroxylation is 1. The number of benzene rings is 1. The summed E-state index contributed by atoms with van der Waals surface area (Å²) in [4.78, 5) is 42.1. The Balaban J connectivity index is 1.73. The van der Waals surface area contributed by atoms with Crippen molar-refractivity contribution in [3.63, 3.8) is 0 Å². The second-order valence-electron chi connectivity index (χ2n) is 5.56. The maximum absolute atomic E-state index is 12.4. The van der Waals surface area contributed by atoms with Gasteiger partial charge in [-0.05, 0) is 19.1 Å². The molecule has 1 saturated heterocycles. The van der Waals surface area contributed by atoms with Gasteiger partial charge in [-0.2, -0.15) is 0 Å². The van der Waals surface area contributed by atoms with Crippen LogP contribution in [0, 0.1) is 0 Å². The number of para-hydroxylation sites is 1. The predicted molar refractivity (Wildman–Crippen MR) is 84.8 cm³/mol. The molecule has 2 amide bonds. The quantitative estimate of drug-likeness (QED) is 0.873. The highest BCUT2D eigenvalue weighted by atomic mass is 16.2. The monoisotopic (exact) mass is 314 g/mol. The standard InChI is InChI=1S/C16H18N4O3/c1-11-15(22)17-7-9-20(11)14(21)6-8-19-10-18-13-5-3-2-4-12(13)16(19)23/h2-5,10-11H,6-9H2,1H3,(H,17,22). The molecule has 1 N–H and O–H groups in total. The smallest absolute Gasteiger partial charge is 0.261 e. The van der Waals surface area contributed by atoms with Gasteiger partial charge in [-0.3, -0.25) is 19.0 Å². The summed E-state index contributed by atoms with van der Waals surface area (Å²) in [5.41, 5.74) is 0.481. The number of rotatable bonds is 3. The highest BCUT2D eigenvalue weighted by molar-refractivity contribution is 5.88. The molecule has 3 rings (SSSR count). The van der Waals surface area contributed by atoms with Gasteiger partial charge in [-0.1, -0.05) is 12.1 Å².